The van der Waals surface area contributed by atoms with E-state index in [-0.39, 0.29) is 12.1 Å². The van der Waals surface area contributed by atoms with Gasteiger partial charge in [-0.25, -0.2) is 19.0 Å². The zero-order valence-corrected chi connectivity index (χ0v) is 13.7. The molecule has 1 fully saturated rings. The van der Waals surface area contributed by atoms with Crippen LogP contribution in [0.5, 0.6) is 0 Å². The van der Waals surface area contributed by atoms with E-state index in [0.29, 0.717) is 31.9 Å². The number of halogens is 1. The van der Waals surface area contributed by atoms with Gasteiger partial charge in [-0.3, -0.25) is 10.00 Å². The predicted molar refractivity (Wildman–Crippen MR) is 82.2 cm³/mol. The lowest BCUT2D eigenvalue weighted by molar-refractivity contribution is 0.291. The highest BCUT2D eigenvalue weighted by Gasteiger charge is 2.27. The highest BCUT2D eigenvalue weighted by Crippen LogP contribution is 2.22. The van der Waals surface area contributed by atoms with Gasteiger partial charge in [0.1, 0.15) is 24.1 Å². The first-order chi connectivity index (χ1) is 11.0. The van der Waals surface area contributed by atoms with Crippen LogP contribution in [-0.2, 0) is 13.1 Å². The highest BCUT2D eigenvalue weighted by atomic mass is 19.1. The number of rotatable bonds is 6. The lowest BCUT2D eigenvalue weighted by atomic mass is 10.2. The van der Waals surface area contributed by atoms with Crippen molar-refractivity contribution < 1.29 is 4.39 Å². The minimum atomic E-state index is -0.813. The monoisotopic (exact) mass is 322 g/mol. The largest absolute Gasteiger partial charge is 0.304 e. The first-order valence-corrected chi connectivity index (χ1v) is 7.88. The van der Waals surface area contributed by atoms with E-state index in [1.54, 1.807) is 6.33 Å². The number of aromatic nitrogens is 6. The summed E-state index contributed by atoms with van der Waals surface area (Å²) >= 11 is 0. The number of aromatic amines is 1. The molecule has 0 amide bonds. The molecule has 0 bridgehead atoms. The standard InChI is InChI=1S/C14H23FN8/c1-9(2)23-13(17-8-18-23)7-22(3)6-12-19-14(21-20-12)11-4-10(15)5-16-11/h8-11,16H,4-7H2,1-3H3,(H,19,20,21)/t10-,11+/m0/s1. The molecule has 1 aliphatic heterocycles. The summed E-state index contributed by atoms with van der Waals surface area (Å²) in [5.41, 5.74) is 0. The third kappa shape index (κ3) is 3.73. The third-order valence-electron chi connectivity index (χ3n) is 3.91. The number of hydrogen-bond donors (Lipinski definition) is 2. The molecule has 2 aromatic heterocycles. The van der Waals surface area contributed by atoms with Crippen LogP contribution >= 0.6 is 0 Å². The van der Waals surface area contributed by atoms with Crippen LogP contribution < -0.4 is 5.32 Å². The second-order valence-electron chi connectivity index (χ2n) is 6.32. The van der Waals surface area contributed by atoms with E-state index >= 15 is 0 Å². The van der Waals surface area contributed by atoms with Gasteiger partial charge in [0, 0.05) is 19.0 Å². The van der Waals surface area contributed by atoms with Crippen molar-refractivity contribution in [3.8, 4) is 0 Å². The van der Waals surface area contributed by atoms with Gasteiger partial charge in [0.05, 0.1) is 19.1 Å². The lowest BCUT2D eigenvalue weighted by Gasteiger charge is -2.16. The van der Waals surface area contributed by atoms with Crippen molar-refractivity contribution >= 4 is 0 Å². The smallest absolute Gasteiger partial charge is 0.167 e. The molecule has 0 aliphatic carbocycles. The summed E-state index contributed by atoms with van der Waals surface area (Å²) in [5, 5.41) is 14.5. The van der Waals surface area contributed by atoms with Gasteiger partial charge in [-0.05, 0) is 20.9 Å². The molecule has 2 N–H and O–H groups in total. The van der Waals surface area contributed by atoms with E-state index in [4.69, 9.17) is 0 Å². The van der Waals surface area contributed by atoms with Crippen molar-refractivity contribution in [2.45, 2.75) is 51.6 Å². The number of H-pyrrole nitrogens is 1. The predicted octanol–water partition coefficient (Wildman–Crippen LogP) is 0.982. The van der Waals surface area contributed by atoms with Gasteiger partial charge in [0.25, 0.3) is 0 Å². The number of nitrogens with zero attached hydrogens (tertiary/aromatic N) is 6. The van der Waals surface area contributed by atoms with Gasteiger partial charge in [-0.1, -0.05) is 0 Å². The van der Waals surface area contributed by atoms with Crippen LogP contribution in [-0.4, -0.2) is 54.6 Å². The summed E-state index contributed by atoms with van der Waals surface area (Å²) in [4.78, 5) is 10.9. The zero-order valence-electron chi connectivity index (χ0n) is 13.7. The molecule has 0 radical (unpaired) electrons. The van der Waals surface area contributed by atoms with Crippen molar-refractivity contribution in [3.63, 3.8) is 0 Å². The summed E-state index contributed by atoms with van der Waals surface area (Å²) < 4.78 is 15.1. The summed E-state index contributed by atoms with van der Waals surface area (Å²) in [5.74, 6) is 2.32. The molecule has 126 valence electrons. The van der Waals surface area contributed by atoms with E-state index in [2.05, 4.69) is 49.3 Å². The van der Waals surface area contributed by atoms with Gasteiger partial charge >= 0.3 is 0 Å². The molecule has 0 spiro atoms. The van der Waals surface area contributed by atoms with Crippen molar-refractivity contribution in [2.75, 3.05) is 13.6 Å². The van der Waals surface area contributed by atoms with Gasteiger partial charge in [0.2, 0.25) is 0 Å². The molecule has 3 rings (SSSR count). The minimum Gasteiger partial charge on any atom is -0.304 e. The minimum absolute atomic E-state index is 0.0932. The Balaban J connectivity index is 1.59. The van der Waals surface area contributed by atoms with Crippen LogP contribution in [0, 0.1) is 0 Å². The second kappa shape index (κ2) is 6.71. The van der Waals surface area contributed by atoms with Crippen LogP contribution in [0.1, 0.15) is 49.8 Å². The Morgan fingerprint density at radius 3 is 2.96 bits per heavy atom. The molecule has 2 atom stereocenters. The fourth-order valence-corrected chi connectivity index (χ4v) is 2.80. The first kappa shape index (κ1) is 16.0. The van der Waals surface area contributed by atoms with Gasteiger partial charge in [-0.15, -0.1) is 0 Å². The maximum atomic E-state index is 13.2. The zero-order chi connectivity index (χ0) is 16.4. The fourth-order valence-electron chi connectivity index (χ4n) is 2.80. The van der Waals surface area contributed by atoms with Crippen LogP contribution in [0.25, 0.3) is 0 Å². The average molecular weight is 322 g/mol. The van der Waals surface area contributed by atoms with E-state index in [0.717, 1.165) is 11.6 Å². The van der Waals surface area contributed by atoms with E-state index < -0.39 is 6.17 Å². The summed E-state index contributed by atoms with van der Waals surface area (Å²) in [6.07, 6.45) is 1.20. The van der Waals surface area contributed by atoms with Crippen LogP contribution in [0.2, 0.25) is 0 Å². The SMILES string of the molecule is CC(C)n1ncnc1CN(C)Cc1nc([C@H]2C[C@H](F)CN2)n[nH]1. The lowest BCUT2D eigenvalue weighted by Crippen LogP contribution is -2.22. The molecule has 0 saturated carbocycles. The molecule has 0 aromatic carbocycles. The molecular weight excluding hydrogens is 299 g/mol. The Hall–Kier alpha value is -1.87. The Bertz CT molecular complexity index is 636. The molecule has 3 heterocycles. The Morgan fingerprint density at radius 2 is 2.26 bits per heavy atom. The maximum Gasteiger partial charge on any atom is 0.167 e. The van der Waals surface area contributed by atoms with Gasteiger partial charge < -0.3 is 5.32 Å². The maximum absolute atomic E-state index is 13.2. The molecule has 2 aromatic rings. The van der Waals surface area contributed by atoms with E-state index in [9.17, 15) is 4.39 Å². The summed E-state index contributed by atoms with van der Waals surface area (Å²) in [6, 6.07) is 0.184. The molecule has 1 aliphatic rings. The van der Waals surface area contributed by atoms with Gasteiger partial charge in [-0.2, -0.15) is 10.2 Å². The topological polar surface area (TPSA) is 87.6 Å². The number of hydrogen-bond acceptors (Lipinski definition) is 6. The van der Waals surface area contributed by atoms with Crippen molar-refractivity contribution in [1.82, 2.24) is 40.2 Å². The number of nitrogens with one attached hydrogen (secondary N) is 2. The van der Waals surface area contributed by atoms with Gasteiger partial charge in [0.15, 0.2) is 5.82 Å². The molecule has 8 nitrogen and oxygen atoms in total. The molecule has 0 unspecified atom stereocenters. The Morgan fingerprint density at radius 1 is 1.43 bits per heavy atom. The summed E-state index contributed by atoms with van der Waals surface area (Å²) in [7, 11) is 1.99. The molecule has 23 heavy (non-hydrogen) atoms. The fraction of sp³-hybridized carbons (Fsp3) is 0.714. The summed E-state index contributed by atoms with van der Waals surface area (Å²) in [6.45, 7) is 5.81. The Kier molecular flexibility index (Phi) is 4.67. The van der Waals surface area contributed by atoms with Crippen LogP contribution in [0.4, 0.5) is 4.39 Å². The van der Waals surface area contributed by atoms with Crippen LogP contribution in [0.15, 0.2) is 6.33 Å². The number of alkyl halides is 1. The van der Waals surface area contributed by atoms with E-state index in [1.807, 2.05) is 11.7 Å². The van der Waals surface area contributed by atoms with Crippen LogP contribution in [0.3, 0.4) is 0 Å². The average Bonchev–Trinajstić information content (AvgIpc) is 3.19. The normalized spacial score (nSPS) is 21.7. The van der Waals surface area contributed by atoms with E-state index in [1.165, 1.54) is 0 Å². The molecule has 1 saturated heterocycles. The molecule has 9 heteroatoms. The molecular formula is C14H23FN8. The first-order valence-electron chi connectivity index (χ1n) is 7.88. The Labute approximate surface area is 134 Å². The highest BCUT2D eigenvalue weighted by molar-refractivity contribution is 5.01. The quantitative estimate of drug-likeness (QED) is 0.824. The van der Waals surface area contributed by atoms with Crippen molar-refractivity contribution in [3.05, 3.63) is 23.8 Å². The van der Waals surface area contributed by atoms with Crippen molar-refractivity contribution in [1.29, 1.82) is 0 Å². The van der Waals surface area contributed by atoms with Crippen molar-refractivity contribution in [2.24, 2.45) is 0 Å². The second-order valence-corrected chi connectivity index (χ2v) is 6.32. The third-order valence-corrected chi connectivity index (χ3v) is 3.91.